The lowest BCUT2D eigenvalue weighted by atomic mass is 10.3. The summed E-state index contributed by atoms with van der Waals surface area (Å²) in [5.74, 6) is 0. The molecule has 0 saturated carbocycles. The largest absolute Gasteiger partial charge is 0.235 e. The molecule has 4 heteroatoms. The first-order chi connectivity index (χ1) is 6.69. The van der Waals surface area contributed by atoms with E-state index < -0.39 is 0 Å². The van der Waals surface area contributed by atoms with E-state index in [1.807, 2.05) is 18.2 Å². The minimum Gasteiger partial charge on any atom is -0.235 e. The number of rotatable bonds is 4. The molecule has 0 heterocycles. The van der Waals surface area contributed by atoms with E-state index in [1.165, 1.54) is 5.01 Å². The van der Waals surface area contributed by atoms with Crippen LogP contribution in [0.4, 0.5) is 5.69 Å². The Labute approximate surface area is 94.8 Å². The zero-order valence-electron chi connectivity index (χ0n) is 8.40. The highest BCUT2D eigenvalue weighted by atomic mass is 35.5. The van der Waals surface area contributed by atoms with Gasteiger partial charge in [0.25, 0.3) is 0 Å². The van der Waals surface area contributed by atoms with E-state index in [4.69, 9.17) is 23.2 Å². The Morgan fingerprint density at radius 2 is 1.64 bits per heavy atom. The van der Waals surface area contributed by atoms with Crippen LogP contribution in [-0.2, 0) is 0 Å². The Bertz CT molecular complexity index is 278. The molecule has 0 aliphatic carbocycles. The highest BCUT2D eigenvalue weighted by molar-refractivity contribution is 6.38. The summed E-state index contributed by atoms with van der Waals surface area (Å²) in [4.78, 5) is 0. The normalized spacial score (nSPS) is 10.6. The molecule has 2 N–H and O–H groups in total. The first-order valence-corrected chi connectivity index (χ1v) is 5.50. The smallest absolute Gasteiger partial charge is 0.122 e. The molecule has 1 aromatic rings. The van der Waals surface area contributed by atoms with Crippen LogP contribution in [0.1, 0.15) is 13.8 Å². The van der Waals surface area contributed by atoms with Gasteiger partial charge in [0.15, 0.2) is 0 Å². The first-order valence-electron chi connectivity index (χ1n) is 4.74. The van der Waals surface area contributed by atoms with Crippen molar-refractivity contribution in [3.05, 3.63) is 28.2 Å². The van der Waals surface area contributed by atoms with Crippen LogP contribution in [0.15, 0.2) is 18.2 Å². The third-order valence-electron chi connectivity index (χ3n) is 2.12. The van der Waals surface area contributed by atoms with Crippen LogP contribution in [0, 0.1) is 0 Å². The van der Waals surface area contributed by atoms with E-state index in [-0.39, 0.29) is 0 Å². The molecule has 0 saturated heterocycles. The molecule has 1 rings (SSSR count). The highest BCUT2D eigenvalue weighted by Crippen LogP contribution is 2.28. The summed E-state index contributed by atoms with van der Waals surface area (Å²) >= 11 is 12.1. The number of anilines is 1. The maximum Gasteiger partial charge on any atom is 0.122 e. The van der Waals surface area contributed by atoms with Gasteiger partial charge in [-0.25, -0.2) is 10.4 Å². The Kier molecular flexibility index (Phi) is 4.52. The van der Waals surface area contributed by atoms with Crippen molar-refractivity contribution in [2.75, 3.05) is 18.5 Å². The van der Waals surface area contributed by atoms with Crippen LogP contribution in [0.25, 0.3) is 0 Å². The molecule has 0 aliphatic heterocycles. The minimum atomic E-state index is 0.664. The molecule has 1 aromatic carbocycles. The maximum atomic E-state index is 6.03. The third-order valence-corrected chi connectivity index (χ3v) is 2.75. The van der Waals surface area contributed by atoms with Crippen LogP contribution in [0.5, 0.6) is 0 Å². The number of benzene rings is 1. The van der Waals surface area contributed by atoms with Gasteiger partial charge >= 0.3 is 0 Å². The summed E-state index contributed by atoms with van der Waals surface area (Å²) in [7, 11) is 0. The molecule has 14 heavy (non-hydrogen) atoms. The van der Waals surface area contributed by atoms with Gasteiger partial charge in [-0.05, 0) is 26.0 Å². The lowest BCUT2D eigenvalue weighted by Gasteiger charge is -2.18. The number of hydrogen-bond acceptors (Lipinski definition) is 1. The van der Waals surface area contributed by atoms with Gasteiger partial charge in [-0.15, -0.1) is 0 Å². The van der Waals surface area contributed by atoms with Crippen molar-refractivity contribution in [3.8, 4) is 0 Å². The minimum absolute atomic E-state index is 0.664. The average molecular weight is 234 g/mol. The zero-order chi connectivity index (χ0) is 10.6. The van der Waals surface area contributed by atoms with E-state index in [1.54, 1.807) is 0 Å². The monoisotopic (exact) mass is 233 g/mol. The lowest BCUT2D eigenvalue weighted by molar-refractivity contribution is -0.873. The molecular formula is C10H15Cl2N2+. The summed E-state index contributed by atoms with van der Waals surface area (Å²) in [5, 5.41) is 2.56. The quantitative estimate of drug-likeness (QED) is 0.764. The van der Waals surface area contributed by atoms with Crippen LogP contribution in [0.2, 0.25) is 10.0 Å². The van der Waals surface area contributed by atoms with Gasteiger partial charge in [0.1, 0.15) is 5.69 Å². The van der Waals surface area contributed by atoms with Crippen LogP contribution < -0.4 is 10.4 Å². The van der Waals surface area contributed by atoms with Crippen molar-refractivity contribution < 1.29 is 5.01 Å². The van der Waals surface area contributed by atoms with E-state index in [9.17, 15) is 0 Å². The molecule has 0 bridgehead atoms. The Morgan fingerprint density at radius 1 is 1.14 bits per heavy atom. The summed E-state index contributed by atoms with van der Waals surface area (Å²) in [6, 6.07) is 5.50. The molecule has 2 nitrogen and oxygen atoms in total. The number of halogens is 2. The van der Waals surface area contributed by atoms with Crippen molar-refractivity contribution in [3.63, 3.8) is 0 Å². The molecule has 0 fully saturated rings. The number of nitrogens with one attached hydrogen (secondary N) is 2. The number of quaternary nitrogens is 1. The predicted molar refractivity (Wildman–Crippen MR) is 62.1 cm³/mol. The Hall–Kier alpha value is -0.440. The second-order valence-corrected chi connectivity index (χ2v) is 3.85. The molecular weight excluding hydrogens is 219 g/mol. The van der Waals surface area contributed by atoms with E-state index in [0.29, 0.717) is 10.0 Å². The van der Waals surface area contributed by atoms with Crippen molar-refractivity contribution >= 4 is 28.9 Å². The number of hydrogen-bond donors (Lipinski definition) is 2. The summed E-state index contributed by atoms with van der Waals surface area (Å²) in [6.45, 7) is 6.18. The molecule has 0 amide bonds. The molecule has 0 radical (unpaired) electrons. The molecule has 0 aliphatic rings. The fourth-order valence-corrected chi connectivity index (χ4v) is 1.71. The molecule has 0 spiro atoms. The summed E-state index contributed by atoms with van der Waals surface area (Å²) in [6.07, 6.45) is 0. The standard InChI is InChI=1S/C10H14Cl2N2/c1-3-14(4-2)13-10-8(11)6-5-7-9(10)12/h5-7,13H,3-4H2,1-2H3/p+1. The second kappa shape index (κ2) is 5.44. The third kappa shape index (κ3) is 2.77. The van der Waals surface area contributed by atoms with Gasteiger partial charge in [0, 0.05) is 0 Å². The SMILES string of the molecule is CC[NH+](CC)Nc1c(Cl)cccc1Cl. The van der Waals surface area contributed by atoms with Gasteiger partial charge in [-0.3, -0.25) is 0 Å². The van der Waals surface area contributed by atoms with Crippen LogP contribution in [-0.4, -0.2) is 13.1 Å². The van der Waals surface area contributed by atoms with Crippen LogP contribution >= 0.6 is 23.2 Å². The van der Waals surface area contributed by atoms with Crippen molar-refractivity contribution in [1.82, 2.24) is 0 Å². The van der Waals surface area contributed by atoms with Gasteiger partial charge in [0.05, 0.1) is 23.1 Å². The summed E-state index contributed by atoms with van der Waals surface area (Å²) < 4.78 is 0. The van der Waals surface area contributed by atoms with Gasteiger partial charge < -0.3 is 0 Å². The predicted octanol–water partition coefficient (Wildman–Crippen LogP) is 2.25. The lowest BCUT2D eigenvalue weighted by Crippen LogP contribution is -3.14. The Balaban J connectivity index is 2.84. The fraction of sp³-hybridized carbons (Fsp3) is 0.400. The van der Waals surface area contributed by atoms with E-state index in [0.717, 1.165) is 18.8 Å². The average Bonchev–Trinajstić information content (AvgIpc) is 2.18. The first kappa shape index (κ1) is 11.6. The molecule has 0 unspecified atom stereocenters. The second-order valence-electron chi connectivity index (χ2n) is 3.03. The fourth-order valence-electron chi connectivity index (χ4n) is 1.22. The van der Waals surface area contributed by atoms with E-state index >= 15 is 0 Å². The van der Waals surface area contributed by atoms with Gasteiger partial charge in [0.2, 0.25) is 0 Å². The molecule has 0 aromatic heterocycles. The van der Waals surface area contributed by atoms with Crippen molar-refractivity contribution in [2.24, 2.45) is 0 Å². The topological polar surface area (TPSA) is 16.5 Å². The van der Waals surface area contributed by atoms with Crippen molar-refractivity contribution in [1.29, 1.82) is 0 Å². The van der Waals surface area contributed by atoms with Crippen LogP contribution in [0.3, 0.4) is 0 Å². The highest BCUT2D eigenvalue weighted by Gasteiger charge is 2.09. The zero-order valence-corrected chi connectivity index (χ0v) is 9.91. The van der Waals surface area contributed by atoms with E-state index in [2.05, 4.69) is 19.3 Å². The molecule has 0 atom stereocenters. The van der Waals surface area contributed by atoms with Crippen molar-refractivity contribution in [2.45, 2.75) is 13.8 Å². The number of para-hydroxylation sites is 1. The van der Waals surface area contributed by atoms with Gasteiger partial charge in [-0.1, -0.05) is 29.3 Å². The van der Waals surface area contributed by atoms with Gasteiger partial charge in [-0.2, -0.15) is 0 Å². The Morgan fingerprint density at radius 3 is 2.07 bits per heavy atom. The summed E-state index contributed by atoms with van der Waals surface area (Å²) in [5.41, 5.74) is 4.08. The maximum absolute atomic E-state index is 6.03. The molecule has 78 valence electrons.